The Morgan fingerprint density at radius 1 is 0.920 bits per heavy atom. The molecule has 0 amide bonds. The van der Waals surface area contributed by atoms with E-state index in [1.165, 1.54) is 0 Å². The number of aliphatic carboxylic acids is 1. The summed E-state index contributed by atoms with van der Waals surface area (Å²) in [6.07, 6.45) is -18.0. The third kappa shape index (κ3) is 4.68. The van der Waals surface area contributed by atoms with Gasteiger partial charge in [-0.1, -0.05) is 0 Å². The molecular formula is C12H19NaO12. The zero-order valence-corrected chi connectivity index (χ0v) is 15.2. The van der Waals surface area contributed by atoms with Gasteiger partial charge in [-0.2, -0.15) is 0 Å². The second-order valence-corrected chi connectivity index (χ2v) is 5.55. The second-order valence-electron chi connectivity index (χ2n) is 5.55. The molecule has 25 heavy (non-hydrogen) atoms. The second kappa shape index (κ2) is 9.32. The van der Waals surface area contributed by atoms with Crippen LogP contribution in [0, 0.1) is 0 Å². The first kappa shape index (κ1) is 23.1. The standard InChI is InChI=1S/C12H20O12.Na/c13-1-2-8(5(16)6(17)11(21)22-2)23-12-7(18)3(14)4(15)9(24-12)10(19)20;/h2-9,11-18,21H,1H2,(H,19,20);/q;+1/p-1/t2-,3+,4+,5-,6-,7-,8-,9+,11?,12+;/m1./s1. The molecule has 2 rings (SSSR count). The van der Waals surface area contributed by atoms with E-state index in [4.69, 9.17) is 14.2 Å². The van der Waals surface area contributed by atoms with Crippen molar-refractivity contribution < 1.29 is 89.4 Å². The van der Waals surface area contributed by atoms with Crippen LogP contribution in [0.4, 0.5) is 0 Å². The van der Waals surface area contributed by atoms with Crippen molar-refractivity contribution in [2.24, 2.45) is 0 Å². The van der Waals surface area contributed by atoms with Crippen LogP contribution in [0.2, 0.25) is 0 Å². The monoisotopic (exact) mass is 378 g/mol. The molecule has 10 atom stereocenters. The molecule has 0 spiro atoms. The molecule has 0 aliphatic carbocycles. The molecule has 0 radical (unpaired) electrons. The Labute approximate surface area is 163 Å². The molecular weight excluding hydrogens is 359 g/mol. The van der Waals surface area contributed by atoms with Crippen molar-refractivity contribution in [1.29, 1.82) is 0 Å². The first-order chi connectivity index (χ1) is 11.2. The maximum Gasteiger partial charge on any atom is 1.00 e. The third-order valence-corrected chi connectivity index (χ3v) is 3.93. The summed E-state index contributed by atoms with van der Waals surface area (Å²) in [5.74, 6) is -1.88. The minimum absolute atomic E-state index is 0. The molecule has 0 bridgehead atoms. The van der Waals surface area contributed by atoms with E-state index < -0.39 is 74.0 Å². The summed E-state index contributed by atoms with van der Waals surface area (Å²) in [4.78, 5) is 10.9. The van der Waals surface area contributed by atoms with Crippen LogP contribution >= 0.6 is 0 Å². The Balaban J connectivity index is 0.00000312. The Bertz CT molecular complexity index is 450. The number of carboxylic acids is 1. The Kier molecular flexibility index (Phi) is 8.62. The molecule has 2 aliphatic heterocycles. The number of hydrogen-bond acceptors (Lipinski definition) is 12. The van der Waals surface area contributed by atoms with Gasteiger partial charge in [-0.05, 0) is 0 Å². The van der Waals surface area contributed by atoms with E-state index in [1.54, 1.807) is 0 Å². The van der Waals surface area contributed by atoms with Crippen LogP contribution < -0.4 is 34.7 Å². The van der Waals surface area contributed by atoms with Gasteiger partial charge >= 0.3 is 29.6 Å². The molecule has 0 aromatic rings. The average Bonchev–Trinajstić information content (AvgIpc) is 2.54. The molecule has 2 saturated heterocycles. The number of aliphatic hydroxyl groups is 7. The maximum atomic E-state index is 10.9. The molecule has 2 fully saturated rings. The van der Waals surface area contributed by atoms with Crippen molar-refractivity contribution in [1.82, 2.24) is 0 Å². The molecule has 2 heterocycles. The fourth-order valence-electron chi connectivity index (χ4n) is 2.55. The van der Waals surface area contributed by atoms with E-state index in [0.29, 0.717) is 0 Å². The largest absolute Gasteiger partial charge is 1.00 e. The summed E-state index contributed by atoms with van der Waals surface area (Å²) in [6.45, 7) is -0.761. The maximum absolute atomic E-state index is 10.9. The van der Waals surface area contributed by atoms with Gasteiger partial charge < -0.3 is 59.9 Å². The van der Waals surface area contributed by atoms with Gasteiger partial charge in [-0.15, -0.1) is 0 Å². The van der Waals surface area contributed by atoms with Crippen LogP contribution in [0.5, 0.6) is 0 Å². The molecule has 12 nitrogen and oxygen atoms in total. The number of carbonyl (C=O) groups excluding carboxylic acids is 1. The van der Waals surface area contributed by atoms with E-state index in [9.17, 15) is 45.6 Å². The van der Waals surface area contributed by atoms with Crippen LogP contribution in [-0.2, 0) is 19.0 Å². The van der Waals surface area contributed by atoms with Gasteiger partial charge in [0.15, 0.2) is 12.6 Å². The number of carbonyl (C=O) groups is 1. The molecule has 0 aromatic heterocycles. The van der Waals surface area contributed by atoms with Gasteiger partial charge in [0.25, 0.3) is 0 Å². The van der Waals surface area contributed by atoms with E-state index >= 15 is 0 Å². The van der Waals surface area contributed by atoms with E-state index in [2.05, 4.69) is 0 Å². The first-order valence-corrected chi connectivity index (χ1v) is 7.05. The summed E-state index contributed by atoms with van der Waals surface area (Å²) in [5.41, 5.74) is 0. The van der Waals surface area contributed by atoms with Gasteiger partial charge in [-0.3, -0.25) is 0 Å². The van der Waals surface area contributed by atoms with Crippen LogP contribution in [0.15, 0.2) is 0 Å². The number of aliphatic hydroxyl groups excluding tert-OH is 7. The van der Waals surface area contributed by atoms with Gasteiger partial charge in [0.05, 0.1) is 12.6 Å². The average molecular weight is 378 g/mol. The minimum Gasteiger partial charge on any atom is -0.547 e. The summed E-state index contributed by atoms with van der Waals surface area (Å²) < 4.78 is 14.8. The molecule has 2 aliphatic rings. The quantitative estimate of drug-likeness (QED) is 0.227. The van der Waals surface area contributed by atoms with Crippen LogP contribution in [0.3, 0.4) is 0 Å². The zero-order chi connectivity index (χ0) is 18.2. The number of rotatable bonds is 4. The molecule has 7 N–H and O–H groups in total. The van der Waals surface area contributed by atoms with Gasteiger partial charge in [0.1, 0.15) is 48.8 Å². The van der Waals surface area contributed by atoms with E-state index in [0.717, 1.165) is 0 Å². The van der Waals surface area contributed by atoms with Crippen molar-refractivity contribution in [3.05, 3.63) is 0 Å². The number of carboxylic acid groups (broad SMARTS) is 1. The van der Waals surface area contributed by atoms with Crippen molar-refractivity contribution in [2.45, 2.75) is 61.4 Å². The van der Waals surface area contributed by atoms with Crippen molar-refractivity contribution in [3.63, 3.8) is 0 Å². The van der Waals surface area contributed by atoms with Crippen molar-refractivity contribution in [3.8, 4) is 0 Å². The Morgan fingerprint density at radius 3 is 2.04 bits per heavy atom. The minimum atomic E-state index is -2.03. The molecule has 1 unspecified atom stereocenters. The van der Waals surface area contributed by atoms with E-state index in [1.807, 2.05) is 0 Å². The van der Waals surface area contributed by atoms with Crippen molar-refractivity contribution >= 4 is 5.97 Å². The predicted molar refractivity (Wildman–Crippen MR) is 66.5 cm³/mol. The number of ether oxygens (including phenoxy) is 3. The molecule has 0 saturated carbocycles. The predicted octanol–water partition coefficient (Wildman–Crippen LogP) is -9.64. The zero-order valence-electron chi connectivity index (χ0n) is 13.2. The normalized spacial score (nSPS) is 47.8. The Morgan fingerprint density at radius 2 is 1.52 bits per heavy atom. The summed E-state index contributed by atoms with van der Waals surface area (Å²) >= 11 is 0. The Hall–Kier alpha value is 0.0700. The van der Waals surface area contributed by atoms with E-state index in [-0.39, 0.29) is 29.6 Å². The van der Waals surface area contributed by atoms with Crippen LogP contribution in [-0.4, -0.2) is 110 Å². The van der Waals surface area contributed by atoms with Crippen LogP contribution in [0.1, 0.15) is 0 Å². The van der Waals surface area contributed by atoms with Gasteiger partial charge in [0, 0.05) is 0 Å². The summed E-state index contributed by atoms with van der Waals surface area (Å²) in [6, 6.07) is 0. The molecule has 13 heteroatoms. The molecule has 0 aromatic carbocycles. The van der Waals surface area contributed by atoms with Gasteiger partial charge in [0.2, 0.25) is 0 Å². The van der Waals surface area contributed by atoms with Crippen molar-refractivity contribution in [2.75, 3.05) is 6.61 Å². The topological polar surface area (TPSA) is 209 Å². The van der Waals surface area contributed by atoms with Crippen LogP contribution in [0.25, 0.3) is 0 Å². The fraction of sp³-hybridized carbons (Fsp3) is 0.917. The SMILES string of the molecule is O=C([O-])[C@H]1O[C@H](O[C@H]2[C@H](O)[C@@H](O)C(O)O[C@@H]2CO)[C@H](O)[C@@H](O)[C@@H]1O.[Na+]. The summed E-state index contributed by atoms with van der Waals surface area (Å²) in [5, 5.41) is 78.0. The number of hydrogen-bond donors (Lipinski definition) is 7. The third-order valence-electron chi connectivity index (χ3n) is 3.93. The first-order valence-electron chi connectivity index (χ1n) is 7.05. The van der Waals surface area contributed by atoms with Gasteiger partial charge in [-0.25, -0.2) is 0 Å². The smallest absolute Gasteiger partial charge is 0.547 e. The fourth-order valence-corrected chi connectivity index (χ4v) is 2.55. The summed E-state index contributed by atoms with van der Waals surface area (Å²) in [7, 11) is 0. The molecule has 140 valence electrons.